The predicted octanol–water partition coefficient (Wildman–Crippen LogP) is 3.23. The van der Waals surface area contributed by atoms with Gasteiger partial charge in [-0.05, 0) is 36.6 Å². The van der Waals surface area contributed by atoms with Crippen LogP contribution in [0, 0.1) is 0 Å². The highest BCUT2D eigenvalue weighted by Crippen LogP contribution is 2.42. The molecule has 0 bridgehead atoms. The maximum Gasteiger partial charge on any atom is 0.265 e. The summed E-state index contributed by atoms with van der Waals surface area (Å²) in [5.74, 6) is 0.236. The van der Waals surface area contributed by atoms with Crippen LogP contribution in [0.25, 0.3) is 11.1 Å². The summed E-state index contributed by atoms with van der Waals surface area (Å²) in [6, 6.07) is 9.76. The lowest BCUT2D eigenvalue weighted by atomic mass is 10.1. The molecule has 0 unspecified atom stereocenters. The Labute approximate surface area is 165 Å². The molecule has 146 valence electrons. The largest absolute Gasteiger partial charge is 0.378 e. The van der Waals surface area contributed by atoms with Crippen molar-refractivity contribution < 1.29 is 8.42 Å². The maximum absolute atomic E-state index is 13.1. The quantitative estimate of drug-likeness (QED) is 0.691. The Hall–Kier alpha value is -2.87. The van der Waals surface area contributed by atoms with Crippen LogP contribution in [0.2, 0.25) is 0 Å². The molecule has 8 heteroatoms. The normalized spacial score (nSPS) is 14.1. The summed E-state index contributed by atoms with van der Waals surface area (Å²) in [6.45, 7) is 0. The molecule has 3 aromatic rings. The zero-order valence-electron chi connectivity index (χ0n) is 16.1. The molecule has 2 heterocycles. The molecule has 1 fully saturated rings. The highest BCUT2D eigenvalue weighted by molar-refractivity contribution is 7.92. The Bertz CT molecular complexity index is 1100. The fraction of sp³-hybridized carbons (Fsp3) is 0.300. The van der Waals surface area contributed by atoms with Crippen molar-refractivity contribution in [1.29, 1.82) is 0 Å². The third-order valence-electron chi connectivity index (χ3n) is 4.84. The van der Waals surface area contributed by atoms with Gasteiger partial charge in [-0.25, -0.2) is 8.42 Å². The van der Waals surface area contributed by atoms with Crippen LogP contribution >= 0.6 is 0 Å². The Morgan fingerprint density at radius 1 is 1.14 bits per heavy atom. The van der Waals surface area contributed by atoms with Crippen molar-refractivity contribution in [3.63, 3.8) is 0 Å². The zero-order valence-corrected chi connectivity index (χ0v) is 16.9. The summed E-state index contributed by atoms with van der Waals surface area (Å²) < 4.78 is 30.5. The van der Waals surface area contributed by atoms with Gasteiger partial charge < -0.3 is 4.90 Å². The van der Waals surface area contributed by atoms with Gasteiger partial charge in [-0.2, -0.15) is 5.10 Å². The maximum atomic E-state index is 13.1. The smallest absolute Gasteiger partial charge is 0.265 e. The summed E-state index contributed by atoms with van der Waals surface area (Å²) in [6.07, 6.45) is 6.73. The van der Waals surface area contributed by atoms with E-state index in [4.69, 9.17) is 0 Å². The van der Waals surface area contributed by atoms with Gasteiger partial charge in [0.05, 0.1) is 17.6 Å². The number of nitrogens with one attached hydrogen (secondary N) is 1. The topological polar surface area (TPSA) is 80.1 Å². The van der Waals surface area contributed by atoms with E-state index >= 15 is 0 Å². The number of aromatic nitrogens is 3. The van der Waals surface area contributed by atoms with Crippen molar-refractivity contribution in [1.82, 2.24) is 14.8 Å². The van der Waals surface area contributed by atoms with Crippen LogP contribution in [-0.4, -0.2) is 37.3 Å². The predicted molar refractivity (Wildman–Crippen MR) is 110 cm³/mol. The molecule has 1 aromatic carbocycles. The number of pyridine rings is 1. The fourth-order valence-corrected chi connectivity index (χ4v) is 4.53. The van der Waals surface area contributed by atoms with Gasteiger partial charge in [0, 0.05) is 50.7 Å². The van der Waals surface area contributed by atoms with Crippen molar-refractivity contribution in [2.75, 3.05) is 23.7 Å². The van der Waals surface area contributed by atoms with Gasteiger partial charge in [-0.1, -0.05) is 12.1 Å². The van der Waals surface area contributed by atoms with Gasteiger partial charge in [0.15, 0.2) is 0 Å². The van der Waals surface area contributed by atoms with Crippen molar-refractivity contribution in [3.05, 3.63) is 54.6 Å². The van der Waals surface area contributed by atoms with Gasteiger partial charge in [-0.3, -0.25) is 14.4 Å². The molecule has 1 saturated carbocycles. The molecular formula is C20H23N5O2S. The number of rotatable bonds is 6. The second-order valence-corrected chi connectivity index (χ2v) is 8.95. The van der Waals surface area contributed by atoms with Gasteiger partial charge in [0.1, 0.15) is 4.90 Å². The fourth-order valence-electron chi connectivity index (χ4n) is 3.20. The highest BCUT2D eigenvalue weighted by atomic mass is 32.2. The van der Waals surface area contributed by atoms with Crippen LogP contribution in [-0.2, 0) is 17.1 Å². The van der Waals surface area contributed by atoms with Crippen LogP contribution in [0.5, 0.6) is 0 Å². The zero-order chi connectivity index (χ0) is 19.9. The summed E-state index contributed by atoms with van der Waals surface area (Å²) in [5, 5.41) is 4.36. The number of hydrogen-bond donors (Lipinski definition) is 1. The van der Waals surface area contributed by atoms with E-state index in [1.807, 2.05) is 49.3 Å². The second-order valence-electron chi connectivity index (χ2n) is 7.29. The molecule has 4 rings (SSSR count). The summed E-state index contributed by atoms with van der Waals surface area (Å²) in [4.78, 5) is 6.37. The van der Waals surface area contributed by atoms with Gasteiger partial charge in [0.2, 0.25) is 0 Å². The molecule has 1 N–H and O–H groups in total. The lowest BCUT2D eigenvalue weighted by Gasteiger charge is -2.15. The second kappa shape index (κ2) is 6.94. The van der Waals surface area contributed by atoms with Crippen LogP contribution in [0.4, 0.5) is 11.4 Å². The standard InChI is InChI=1S/C20H23N5O2S/c1-24(2)16-8-6-14(7-9-16)17-10-11-21-12-18(17)23-28(26,27)19-13-25(3)22-20(19)15-4-5-15/h6-13,15,23H,4-5H2,1-3H3. The lowest BCUT2D eigenvalue weighted by Crippen LogP contribution is -2.15. The van der Waals surface area contributed by atoms with Crippen LogP contribution in [0.1, 0.15) is 24.5 Å². The molecule has 0 amide bonds. The lowest BCUT2D eigenvalue weighted by molar-refractivity contribution is 0.600. The number of nitrogens with zero attached hydrogens (tertiary/aromatic N) is 4. The minimum Gasteiger partial charge on any atom is -0.378 e. The molecule has 7 nitrogen and oxygen atoms in total. The molecule has 0 spiro atoms. The van der Waals surface area contributed by atoms with Gasteiger partial charge in [-0.15, -0.1) is 0 Å². The summed E-state index contributed by atoms with van der Waals surface area (Å²) in [5.41, 5.74) is 3.87. The van der Waals surface area contributed by atoms with Crippen molar-refractivity contribution in [2.45, 2.75) is 23.7 Å². The first-order chi connectivity index (χ1) is 13.3. The molecule has 2 aromatic heterocycles. The average molecular weight is 398 g/mol. The van der Waals surface area contributed by atoms with Crippen molar-refractivity contribution >= 4 is 21.4 Å². The third-order valence-corrected chi connectivity index (χ3v) is 6.22. The van der Waals surface area contributed by atoms with E-state index in [0.717, 1.165) is 29.7 Å². The summed E-state index contributed by atoms with van der Waals surface area (Å²) in [7, 11) is 1.94. The number of benzene rings is 1. The third kappa shape index (κ3) is 3.60. The van der Waals surface area contributed by atoms with Crippen LogP contribution in [0.15, 0.2) is 53.8 Å². The van der Waals surface area contributed by atoms with Crippen LogP contribution in [0.3, 0.4) is 0 Å². The first-order valence-corrected chi connectivity index (χ1v) is 10.6. The van der Waals surface area contributed by atoms with Crippen LogP contribution < -0.4 is 9.62 Å². The Kier molecular flexibility index (Phi) is 4.58. The molecule has 28 heavy (non-hydrogen) atoms. The molecule has 0 atom stereocenters. The van der Waals surface area contributed by atoms with E-state index in [1.165, 1.54) is 0 Å². The average Bonchev–Trinajstić information content (AvgIpc) is 3.43. The Morgan fingerprint density at radius 3 is 2.50 bits per heavy atom. The van der Waals surface area contributed by atoms with E-state index in [-0.39, 0.29) is 10.8 Å². The Morgan fingerprint density at radius 2 is 1.86 bits per heavy atom. The summed E-state index contributed by atoms with van der Waals surface area (Å²) >= 11 is 0. The molecule has 1 aliphatic carbocycles. The minimum absolute atomic E-state index is 0.236. The molecular weight excluding hydrogens is 374 g/mol. The van der Waals surface area contributed by atoms with E-state index in [2.05, 4.69) is 14.8 Å². The number of aryl methyl sites for hydroxylation is 1. The minimum atomic E-state index is -3.76. The molecule has 0 radical (unpaired) electrons. The highest BCUT2D eigenvalue weighted by Gasteiger charge is 2.34. The van der Waals surface area contributed by atoms with Gasteiger partial charge in [0.25, 0.3) is 10.0 Å². The van der Waals surface area contributed by atoms with E-state index in [1.54, 1.807) is 30.3 Å². The van der Waals surface area contributed by atoms with E-state index < -0.39 is 10.0 Å². The van der Waals surface area contributed by atoms with Gasteiger partial charge >= 0.3 is 0 Å². The molecule has 1 aliphatic rings. The number of sulfonamides is 1. The van der Waals surface area contributed by atoms with Crippen molar-refractivity contribution in [2.24, 2.45) is 7.05 Å². The first-order valence-electron chi connectivity index (χ1n) is 9.13. The Balaban J connectivity index is 1.69. The first kappa shape index (κ1) is 18.5. The number of hydrogen-bond acceptors (Lipinski definition) is 5. The number of anilines is 2. The van der Waals surface area contributed by atoms with E-state index in [0.29, 0.717) is 11.4 Å². The molecule has 0 saturated heterocycles. The van der Waals surface area contributed by atoms with Crippen molar-refractivity contribution in [3.8, 4) is 11.1 Å². The SMILES string of the molecule is CN(C)c1ccc(-c2ccncc2NS(=O)(=O)c2cn(C)nc2C2CC2)cc1. The monoisotopic (exact) mass is 397 g/mol. The molecule has 0 aliphatic heterocycles. The van der Waals surface area contributed by atoms with E-state index in [9.17, 15) is 8.42 Å².